The molecule has 2 heteroatoms. The average molecular weight is 272 g/mol. The Morgan fingerprint density at radius 2 is 1.40 bits per heavy atom. The molecule has 0 spiro atoms. The summed E-state index contributed by atoms with van der Waals surface area (Å²) in [5.41, 5.74) is 7.87. The number of carbonyl (C=O) groups is 2. The van der Waals surface area contributed by atoms with Crippen molar-refractivity contribution in [2.75, 3.05) is 0 Å². The van der Waals surface area contributed by atoms with Crippen molar-refractivity contribution >= 4 is 11.6 Å². The average Bonchev–Trinajstić information content (AvgIpc) is 2.36. The maximum atomic E-state index is 11.8. The van der Waals surface area contributed by atoms with Crippen LogP contribution in [0, 0.1) is 27.7 Å². The fraction of sp³-hybridized carbons (Fsp3) is 0.556. The molecule has 0 atom stereocenters. The number of ketones is 2. The highest BCUT2D eigenvalue weighted by atomic mass is 16.1. The summed E-state index contributed by atoms with van der Waals surface area (Å²) >= 11 is 0. The van der Waals surface area contributed by atoms with Crippen LogP contribution < -0.4 is 0 Å². The van der Waals surface area contributed by atoms with Crippen LogP contribution in [-0.2, 0) is 16.0 Å². The molecule has 1 aromatic rings. The predicted octanol–water partition coefficient (Wildman–Crippen LogP) is 3.89. The van der Waals surface area contributed by atoms with E-state index in [9.17, 15) is 9.59 Å². The van der Waals surface area contributed by atoms with E-state index in [2.05, 4.69) is 34.6 Å². The van der Waals surface area contributed by atoms with E-state index in [1.807, 2.05) is 0 Å². The summed E-state index contributed by atoms with van der Waals surface area (Å²) in [4.78, 5) is 23.5. The molecule has 0 aliphatic heterocycles. The van der Waals surface area contributed by atoms with Crippen LogP contribution >= 0.6 is 0 Å². The summed E-state index contributed by atoms with van der Waals surface area (Å²) in [7, 11) is 0. The van der Waals surface area contributed by atoms with Gasteiger partial charge in [-0.15, -0.1) is 0 Å². The van der Waals surface area contributed by atoms with Gasteiger partial charge in [-0.25, -0.2) is 0 Å². The third-order valence-electron chi connectivity index (χ3n) is 4.94. The first-order valence-corrected chi connectivity index (χ1v) is 7.49. The molecule has 1 saturated carbocycles. The van der Waals surface area contributed by atoms with Crippen molar-refractivity contribution in [1.82, 2.24) is 0 Å². The highest BCUT2D eigenvalue weighted by molar-refractivity contribution is 6.02. The Hall–Kier alpha value is -1.44. The van der Waals surface area contributed by atoms with Crippen LogP contribution in [0.1, 0.15) is 65.5 Å². The second-order valence-corrected chi connectivity index (χ2v) is 6.11. The van der Waals surface area contributed by atoms with Crippen molar-refractivity contribution in [2.45, 2.75) is 66.2 Å². The van der Waals surface area contributed by atoms with E-state index in [1.54, 1.807) is 0 Å². The Bertz CT molecular complexity index is 566. The van der Waals surface area contributed by atoms with Gasteiger partial charge in [-0.1, -0.05) is 6.92 Å². The summed E-state index contributed by atoms with van der Waals surface area (Å²) < 4.78 is 0. The Labute approximate surface area is 121 Å². The standard InChI is InChI=1S/C18H24O2/c1-6-17-11(3)10(2)12(4)18(13(17)5)14-7-15(19)9-16(20)8-14/h14H,6-9H2,1-5H3. The first-order valence-electron chi connectivity index (χ1n) is 7.49. The molecule has 0 bridgehead atoms. The molecule has 1 aliphatic rings. The van der Waals surface area contributed by atoms with Gasteiger partial charge < -0.3 is 0 Å². The van der Waals surface area contributed by atoms with Crippen molar-refractivity contribution in [1.29, 1.82) is 0 Å². The van der Waals surface area contributed by atoms with Crippen molar-refractivity contribution in [3.8, 4) is 0 Å². The minimum absolute atomic E-state index is 0.0911. The lowest BCUT2D eigenvalue weighted by Gasteiger charge is -2.28. The number of rotatable bonds is 2. The molecule has 2 rings (SSSR count). The van der Waals surface area contributed by atoms with Crippen LogP contribution in [0.25, 0.3) is 0 Å². The lowest BCUT2D eigenvalue weighted by molar-refractivity contribution is -0.130. The largest absolute Gasteiger partial charge is 0.299 e. The molecule has 0 unspecified atom stereocenters. The summed E-state index contributed by atoms with van der Waals surface area (Å²) in [6, 6.07) is 0. The molecule has 1 aromatic carbocycles. The minimum Gasteiger partial charge on any atom is -0.299 e. The van der Waals surface area contributed by atoms with Gasteiger partial charge >= 0.3 is 0 Å². The van der Waals surface area contributed by atoms with Crippen LogP contribution in [0.15, 0.2) is 0 Å². The molecule has 2 nitrogen and oxygen atoms in total. The SMILES string of the molecule is CCc1c(C)c(C)c(C)c(C2CC(=O)CC(=O)C2)c1C. The highest BCUT2D eigenvalue weighted by Crippen LogP contribution is 2.37. The van der Waals surface area contributed by atoms with Gasteiger partial charge in [0.15, 0.2) is 0 Å². The van der Waals surface area contributed by atoms with E-state index < -0.39 is 0 Å². The van der Waals surface area contributed by atoms with Gasteiger partial charge in [0.1, 0.15) is 11.6 Å². The molecular formula is C18H24O2. The Morgan fingerprint density at radius 3 is 1.90 bits per heavy atom. The summed E-state index contributed by atoms with van der Waals surface area (Å²) in [5, 5.41) is 0. The zero-order valence-electron chi connectivity index (χ0n) is 13.2. The molecule has 1 aliphatic carbocycles. The van der Waals surface area contributed by atoms with E-state index in [-0.39, 0.29) is 23.9 Å². The normalized spacial score (nSPS) is 16.9. The topological polar surface area (TPSA) is 34.1 Å². The molecule has 0 amide bonds. The van der Waals surface area contributed by atoms with Gasteiger partial charge in [0.05, 0.1) is 6.42 Å². The Kier molecular flexibility index (Phi) is 4.12. The molecule has 0 saturated heterocycles. The van der Waals surface area contributed by atoms with Gasteiger partial charge in [0.2, 0.25) is 0 Å². The fourth-order valence-electron chi connectivity index (χ4n) is 3.77. The zero-order valence-corrected chi connectivity index (χ0v) is 13.2. The lowest BCUT2D eigenvalue weighted by Crippen LogP contribution is -2.23. The molecule has 108 valence electrons. The summed E-state index contributed by atoms with van der Waals surface area (Å²) in [6.45, 7) is 10.8. The minimum atomic E-state index is 0.0911. The van der Waals surface area contributed by atoms with Crippen molar-refractivity contribution in [2.24, 2.45) is 0 Å². The first kappa shape index (κ1) is 15.0. The van der Waals surface area contributed by atoms with Crippen LogP contribution in [-0.4, -0.2) is 11.6 Å². The highest BCUT2D eigenvalue weighted by Gasteiger charge is 2.29. The van der Waals surface area contributed by atoms with E-state index in [4.69, 9.17) is 0 Å². The molecule has 0 radical (unpaired) electrons. The smallest absolute Gasteiger partial charge is 0.140 e. The van der Waals surface area contributed by atoms with Crippen molar-refractivity contribution < 1.29 is 9.59 Å². The molecular weight excluding hydrogens is 248 g/mol. The number of Topliss-reactive ketones (excluding diaryl/α,β-unsaturated/α-hetero) is 2. The molecule has 1 fully saturated rings. The maximum absolute atomic E-state index is 11.8. The van der Waals surface area contributed by atoms with Crippen LogP contribution in [0.2, 0.25) is 0 Å². The Balaban J connectivity index is 2.59. The summed E-state index contributed by atoms with van der Waals surface area (Å²) in [5.74, 6) is 0.288. The third-order valence-corrected chi connectivity index (χ3v) is 4.94. The van der Waals surface area contributed by atoms with E-state index in [0.717, 1.165) is 6.42 Å². The van der Waals surface area contributed by atoms with Crippen molar-refractivity contribution in [3.05, 3.63) is 33.4 Å². The third kappa shape index (κ3) is 2.44. The van der Waals surface area contributed by atoms with E-state index in [0.29, 0.717) is 12.8 Å². The number of benzene rings is 1. The maximum Gasteiger partial charge on any atom is 0.140 e. The Morgan fingerprint density at radius 1 is 0.850 bits per heavy atom. The number of hydrogen-bond donors (Lipinski definition) is 0. The molecule has 20 heavy (non-hydrogen) atoms. The molecule has 0 N–H and O–H groups in total. The zero-order chi connectivity index (χ0) is 15.0. The van der Waals surface area contributed by atoms with Crippen LogP contribution in [0.5, 0.6) is 0 Å². The number of hydrogen-bond acceptors (Lipinski definition) is 2. The first-order chi connectivity index (χ1) is 9.36. The lowest BCUT2D eigenvalue weighted by atomic mass is 9.76. The van der Waals surface area contributed by atoms with Crippen molar-refractivity contribution in [3.63, 3.8) is 0 Å². The van der Waals surface area contributed by atoms with Gasteiger partial charge in [-0.05, 0) is 73.4 Å². The van der Waals surface area contributed by atoms with Crippen LogP contribution in [0.3, 0.4) is 0 Å². The molecule has 0 aromatic heterocycles. The number of carbonyl (C=O) groups excluding carboxylic acids is 2. The second-order valence-electron chi connectivity index (χ2n) is 6.11. The van der Waals surface area contributed by atoms with Crippen LogP contribution in [0.4, 0.5) is 0 Å². The van der Waals surface area contributed by atoms with E-state index in [1.165, 1.54) is 33.4 Å². The van der Waals surface area contributed by atoms with Gasteiger partial charge in [-0.3, -0.25) is 9.59 Å². The second kappa shape index (κ2) is 5.51. The molecule has 0 heterocycles. The fourth-order valence-corrected chi connectivity index (χ4v) is 3.77. The monoisotopic (exact) mass is 272 g/mol. The quantitative estimate of drug-likeness (QED) is 0.765. The summed E-state index contributed by atoms with van der Waals surface area (Å²) in [6.07, 6.45) is 2.19. The predicted molar refractivity (Wildman–Crippen MR) is 81.4 cm³/mol. The van der Waals surface area contributed by atoms with Gasteiger partial charge in [-0.2, -0.15) is 0 Å². The van der Waals surface area contributed by atoms with E-state index >= 15 is 0 Å². The van der Waals surface area contributed by atoms with Gasteiger partial charge in [0, 0.05) is 12.8 Å². The van der Waals surface area contributed by atoms with Gasteiger partial charge in [0.25, 0.3) is 0 Å².